The van der Waals surface area contributed by atoms with Gasteiger partial charge in [0.25, 0.3) is 0 Å². The van der Waals surface area contributed by atoms with Crippen LogP contribution in [0.3, 0.4) is 0 Å². The lowest BCUT2D eigenvalue weighted by molar-refractivity contribution is 0.293. The van der Waals surface area contributed by atoms with Crippen molar-refractivity contribution < 1.29 is 0 Å². The summed E-state index contributed by atoms with van der Waals surface area (Å²) in [5.41, 5.74) is 15.3. The zero-order valence-corrected chi connectivity index (χ0v) is 17.0. The van der Waals surface area contributed by atoms with Crippen LogP contribution in [-0.2, 0) is 6.54 Å². The van der Waals surface area contributed by atoms with E-state index in [4.69, 9.17) is 16.7 Å². The minimum absolute atomic E-state index is 0.0392. The third-order valence-electron chi connectivity index (χ3n) is 5.20. The van der Waals surface area contributed by atoms with Gasteiger partial charge in [-0.3, -0.25) is 10.2 Å². The summed E-state index contributed by atoms with van der Waals surface area (Å²) >= 11 is 1.97. The van der Waals surface area contributed by atoms with Crippen LogP contribution in [0, 0.1) is 22.8 Å². The second-order valence-corrected chi connectivity index (χ2v) is 8.21. The van der Waals surface area contributed by atoms with Crippen LogP contribution in [0.2, 0.25) is 0 Å². The summed E-state index contributed by atoms with van der Waals surface area (Å²) in [4.78, 5) is 11.4. The Morgan fingerprint density at radius 3 is 2.73 bits per heavy atom. The van der Waals surface area contributed by atoms with Crippen molar-refractivity contribution in [2.75, 3.05) is 41.4 Å². The number of nitrogens with two attached hydrogens (primary N) is 2. The molecular weight excluding hydrogens is 398 g/mol. The predicted octanol–water partition coefficient (Wildman–Crippen LogP) is 1.61. The van der Waals surface area contributed by atoms with Gasteiger partial charge in [-0.25, -0.2) is 9.98 Å². The maximum Gasteiger partial charge on any atom is 0.211 e. The molecule has 1 atom stereocenters. The van der Waals surface area contributed by atoms with Gasteiger partial charge in [-0.2, -0.15) is 22.3 Å². The van der Waals surface area contributed by atoms with Gasteiger partial charge in [0.1, 0.15) is 29.3 Å². The SMILES string of the molecule is N#CNC1=NC(c2ccccc2CN2CCSCC2)c2c(nc(N)c(C#N)c2N)N1. The maximum absolute atomic E-state index is 9.49. The molecule has 6 N–H and O–H groups in total. The maximum atomic E-state index is 9.49. The largest absolute Gasteiger partial charge is 0.397 e. The highest BCUT2D eigenvalue weighted by molar-refractivity contribution is 7.99. The number of aromatic nitrogens is 1. The molecule has 0 amide bonds. The number of rotatable bonds is 3. The molecule has 2 aliphatic rings. The van der Waals surface area contributed by atoms with Crippen molar-refractivity contribution in [1.82, 2.24) is 15.2 Å². The van der Waals surface area contributed by atoms with Gasteiger partial charge in [-0.15, -0.1) is 0 Å². The Kier molecular flexibility index (Phi) is 5.61. The number of thioether (sulfide) groups is 1. The van der Waals surface area contributed by atoms with Crippen molar-refractivity contribution in [2.24, 2.45) is 4.99 Å². The molecule has 2 aliphatic heterocycles. The Labute approximate surface area is 178 Å². The molecule has 152 valence electrons. The molecule has 0 aliphatic carbocycles. The topological polar surface area (TPSA) is 152 Å². The Morgan fingerprint density at radius 1 is 1.23 bits per heavy atom. The van der Waals surface area contributed by atoms with E-state index in [1.807, 2.05) is 42.2 Å². The Balaban J connectivity index is 1.83. The van der Waals surface area contributed by atoms with Crippen LogP contribution in [0.4, 0.5) is 17.3 Å². The first-order chi connectivity index (χ1) is 14.6. The fourth-order valence-electron chi connectivity index (χ4n) is 3.75. The number of nitrogens with one attached hydrogen (secondary N) is 2. The lowest BCUT2D eigenvalue weighted by Gasteiger charge is -2.30. The summed E-state index contributed by atoms with van der Waals surface area (Å²) in [7, 11) is 0. The number of nitrogens with zero attached hydrogens (tertiary/aromatic N) is 5. The van der Waals surface area contributed by atoms with Crippen LogP contribution >= 0.6 is 11.8 Å². The normalized spacial score (nSPS) is 18.3. The van der Waals surface area contributed by atoms with E-state index in [1.165, 1.54) is 0 Å². The van der Waals surface area contributed by atoms with Crippen LogP contribution in [0.1, 0.15) is 28.3 Å². The second kappa shape index (κ2) is 8.49. The number of hydrogen-bond acceptors (Lipinski definition) is 10. The highest BCUT2D eigenvalue weighted by Gasteiger charge is 2.31. The first kappa shape index (κ1) is 19.8. The van der Waals surface area contributed by atoms with Crippen LogP contribution in [0.15, 0.2) is 29.3 Å². The van der Waals surface area contributed by atoms with Crippen molar-refractivity contribution in [1.29, 1.82) is 10.5 Å². The van der Waals surface area contributed by atoms with E-state index in [9.17, 15) is 5.26 Å². The number of hydrogen-bond donors (Lipinski definition) is 4. The van der Waals surface area contributed by atoms with E-state index >= 15 is 0 Å². The minimum atomic E-state index is -0.521. The fourth-order valence-corrected chi connectivity index (χ4v) is 4.73. The molecule has 0 saturated carbocycles. The van der Waals surface area contributed by atoms with E-state index in [0.29, 0.717) is 11.4 Å². The first-order valence-electron chi connectivity index (χ1n) is 9.49. The number of pyridine rings is 1. The molecule has 3 heterocycles. The van der Waals surface area contributed by atoms with E-state index < -0.39 is 6.04 Å². The minimum Gasteiger partial charge on any atom is -0.397 e. The molecule has 1 aromatic carbocycles. The molecular formula is C20H21N9S. The van der Waals surface area contributed by atoms with Gasteiger partial charge in [-0.05, 0) is 11.1 Å². The summed E-state index contributed by atoms with van der Waals surface area (Å²) < 4.78 is 0. The molecule has 2 aromatic rings. The fraction of sp³-hybridized carbons (Fsp3) is 0.300. The highest BCUT2D eigenvalue weighted by atomic mass is 32.2. The third kappa shape index (κ3) is 3.71. The summed E-state index contributed by atoms with van der Waals surface area (Å²) in [6.45, 7) is 2.86. The number of nitrogen functional groups attached to an aromatic ring is 2. The van der Waals surface area contributed by atoms with Crippen molar-refractivity contribution in [3.05, 3.63) is 46.5 Å². The van der Waals surface area contributed by atoms with Crippen LogP contribution < -0.4 is 22.1 Å². The molecule has 1 fully saturated rings. The zero-order chi connectivity index (χ0) is 21.1. The molecule has 0 spiro atoms. The number of nitriles is 2. The van der Waals surface area contributed by atoms with Crippen molar-refractivity contribution in [3.8, 4) is 12.3 Å². The highest BCUT2D eigenvalue weighted by Crippen LogP contribution is 2.41. The number of guanidine groups is 1. The van der Waals surface area contributed by atoms with Gasteiger partial charge < -0.3 is 16.8 Å². The molecule has 9 nitrogen and oxygen atoms in total. The standard InChI is InChI=1S/C20H21N9S/c21-9-14-16(23)15-17(26-20(25-11-22)28-19(15)27-18(14)24)13-4-2-1-3-12(13)10-29-5-7-30-8-6-29/h1-4,17H,5-8,10H2,(H6,23,24,25,26,27,28). The monoisotopic (exact) mass is 419 g/mol. The molecule has 1 aromatic heterocycles. The third-order valence-corrected chi connectivity index (χ3v) is 6.15. The summed E-state index contributed by atoms with van der Waals surface area (Å²) in [6, 6.07) is 9.55. The van der Waals surface area contributed by atoms with Crippen molar-refractivity contribution in [3.63, 3.8) is 0 Å². The number of anilines is 3. The van der Waals surface area contributed by atoms with Gasteiger partial charge in [0.15, 0.2) is 6.19 Å². The molecule has 4 rings (SSSR count). The molecule has 30 heavy (non-hydrogen) atoms. The molecule has 10 heteroatoms. The van der Waals surface area contributed by atoms with Gasteiger partial charge >= 0.3 is 0 Å². The Bertz CT molecular complexity index is 1080. The van der Waals surface area contributed by atoms with Crippen LogP contribution in [-0.4, -0.2) is 40.4 Å². The average molecular weight is 420 g/mol. The Hall–Kier alpha value is -3.47. The van der Waals surface area contributed by atoms with Crippen molar-refractivity contribution >= 4 is 35.0 Å². The lowest BCUT2D eigenvalue weighted by Crippen LogP contribution is -2.34. The lowest BCUT2D eigenvalue weighted by atomic mass is 9.91. The predicted molar refractivity (Wildman–Crippen MR) is 118 cm³/mol. The number of benzene rings is 1. The van der Waals surface area contributed by atoms with E-state index in [1.54, 1.807) is 0 Å². The Morgan fingerprint density at radius 2 is 2.00 bits per heavy atom. The summed E-state index contributed by atoms with van der Waals surface area (Å²) in [5.74, 6) is 2.93. The quantitative estimate of drug-likeness (QED) is 0.429. The molecule has 1 saturated heterocycles. The van der Waals surface area contributed by atoms with Crippen LogP contribution in [0.25, 0.3) is 0 Å². The van der Waals surface area contributed by atoms with E-state index in [2.05, 4.69) is 31.6 Å². The second-order valence-electron chi connectivity index (χ2n) is 6.99. The summed E-state index contributed by atoms with van der Waals surface area (Å²) in [5, 5.41) is 24.1. The molecule has 0 radical (unpaired) electrons. The average Bonchev–Trinajstić information content (AvgIpc) is 2.75. The van der Waals surface area contributed by atoms with E-state index in [0.717, 1.165) is 42.3 Å². The van der Waals surface area contributed by atoms with Gasteiger partial charge in [0.05, 0.1) is 5.69 Å². The van der Waals surface area contributed by atoms with Crippen molar-refractivity contribution in [2.45, 2.75) is 12.6 Å². The number of fused-ring (bicyclic) bond motifs is 1. The molecule has 1 unspecified atom stereocenters. The first-order valence-corrected chi connectivity index (χ1v) is 10.6. The smallest absolute Gasteiger partial charge is 0.211 e. The van der Waals surface area contributed by atoms with E-state index in [-0.39, 0.29) is 23.0 Å². The zero-order valence-electron chi connectivity index (χ0n) is 16.2. The van der Waals surface area contributed by atoms with Crippen LogP contribution in [0.5, 0.6) is 0 Å². The summed E-state index contributed by atoms with van der Waals surface area (Å²) in [6.07, 6.45) is 1.88. The van der Waals surface area contributed by atoms with Gasteiger partial charge in [-0.1, -0.05) is 24.3 Å². The molecule has 0 bridgehead atoms. The number of aliphatic imine (C=N–C) groups is 1. The van der Waals surface area contributed by atoms with Gasteiger partial charge in [0.2, 0.25) is 5.96 Å². The van der Waals surface area contributed by atoms with Gasteiger partial charge in [0, 0.05) is 36.7 Å².